The molecule has 19 rings (SSSR count). The molecular weight excluding hydrogens is 1080 g/mol. The molecule has 0 spiro atoms. The quantitative estimate of drug-likeness (QED) is 0.166. The molecule has 0 saturated carbocycles. The van der Waals surface area contributed by atoms with Crippen LogP contribution in [0.5, 0.6) is 0 Å². The van der Waals surface area contributed by atoms with Crippen molar-refractivity contribution in [3.8, 4) is 39.6 Å². The smallest absolute Gasteiger partial charge is 0.142 e. The lowest BCUT2D eigenvalue weighted by molar-refractivity contribution is 0.881. The Morgan fingerprint density at radius 1 is 0.405 bits per heavy atom. The minimum Gasteiger partial charge on any atom is -0.308 e. The molecular formula is C77H48N4S3. The third-order valence-electron chi connectivity index (χ3n) is 18.3. The van der Waals surface area contributed by atoms with Gasteiger partial charge in [0.1, 0.15) is 11.6 Å². The van der Waals surface area contributed by atoms with Gasteiger partial charge in [0, 0.05) is 123 Å². The Balaban J connectivity index is 0.944. The van der Waals surface area contributed by atoms with Gasteiger partial charge in [-0.2, -0.15) is 0 Å². The van der Waals surface area contributed by atoms with Crippen LogP contribution in [0.1, 0.15) is 34.7 Å². The molecule has 2 unspecified atom stereocenters. The minimum absolute atomic E-state index is 0.347. The molecule has 0 radical (unpaired) electrons. The van der Waals surface area contributed by atoms with Gasteiger partial charge < -0.3 is 4.57 Å². The summed E-state index contributed by atoms with van der Waals surface area (Å²) < 4.78 is 12.8. The van der Waals surface area contributed by atoms with Gasteiger partial charge >= 0.3 is 0 Å². The van der Waals surface area contributed by atoms with E-state index in [4.69, 9.17) is 4.98 Å². The van der Waals surface area contributed by atoms with Crippen LogP contribution in [-0.2, 0) is 6.42 Å². The Bertz CT molecular complexity index is 5630. The number of thioether (sulfide) groups is 1. The molecule has 1 aliphatic heterocycles. The standard InChI is InChI=1S/C77H48N4S3/c1-7-37-64-46(19-1)52-25-13-28-55(61-34-16-31-58-49-22-4-10-40-67(49)82-75(58)61)72(52)79(64)45-43-70(80-65-38-8-2-20-47(65)53-26-14-29-56(73(53)80)62-35-17-32-59-50-23-5-11-41-68(50)83-76(59)62)78-71(44-45)81-66-39-9-3-21-48(66)54-27-15-30-57(74(54)81)63-36-18-33-60-51-24-6-12-42-69(51)84-77(60)63/h1-14,16-26,28-44,49,67H,15,27H2. The number of benzene rings is 10. The third-order valence-corrected chi connectivity index (χ3v) is 22.1. The van der Waals surface area contributed by atoms with Gasteiger partial charge in [-0.05, 0) is 59.9 Å². The predicted molar refractivity (Wildman–Crippen MR) is 359 cm³/mol. The molecule has 3 aliphatic rings. The van der Waals surface area contributed by atoms with E-state index >= 15 is 0 Å². The minimum atomic E-state index is 0.347. The Labute approximate surface area is 495 Å². The number of aryl methyl sites for hydroxylation is 1. The Morgan fingerprint density at radius 2 is 0.905 bits per heavy atom. The third kappa shape index (κ3) is 6.63. The highest BCUT2D eigenvalue weighted by Gasteiger charge is 2.34. The molecule has 0 amide bonds. The van der Waals surface area contributed by atoms with Crippen LogP contribution in [0, 0.1) is 0 Å². The van der Waals surface area contributed by atoms with Crippen LogP contribution in [-0.4, -0.2) is 23.9 Å². The van der Waals surface area contributed by atoms with Crippen molar-refractivity contribution >= 4 is 135 Å². The van der Waals surface area contributed by atoms with E-state index in [0.717, 1.165) is 52.2 Å². The normalized spacial score (nSPS) is 15.7. The molecule has 0 N–H and O–H groups in total. The number of rotatable bonds is 6. The number of thiophene rings is 2. The second-order valence-electron chi connectivity index (χ2n) is 22.6. The average molecular weight is 1130 g/mol. The summed E-state index contributed by atoms with van der Waals surface area (Å²) in [4.78, 5) is 7.52. The highest BCUT2D eigenvalue weighted by Crippen LogP contribution is 2.54. The number of nitrogens with zero attached hydrogens (tertiary/aromatic N) is 4. The van der Waals surface area contributed by atoms with Crippen molar-refractivity contribution in [1.29, 1.82) is 0 Å². The second kappa shape index (κ2) is 18.0. The van der Waals surface area contributed by atoms with E-state index in [2.05, 4.69) is 269 Å². The van der Waals surface area contributed by atoms with Crippen molar-refractivity contribution < 1.29 is 0 Å². The zero-order valence-electron chi connectivity index (χ0n) is 45.3. The number of hydrogen-bond donors (Lipinski definition) is 0. The second-order valence-corrected chi connectivity index (χ2v) is 25.9. The zero-order valence-corrected chi connectivity index (χ0v) is 47.8. The lowest BCUT2D eigenvalue weighted by Crippen LogP contribution is -2.11. The van der Waals surface area contributed by atoms with Gasteiger partial charge in [0.2, 0.25) is 0 Å². The van der Waals surface area contributed by atoms with Gasteiger partial charge in [0.05, 0.1) is 39.0 Å². The summed E-state index contributed by atoms with van der Waals surface area (Å²) in [5.74, 6) is 2.07. The number of pyridine rings is 1. The SMILES string of the molecule is C1=CC2Sc3c(-c4cccc5c6ccccc6n(-c6cc(-n7c8c(c9ccccc97)CCC=C8c7cccc8c7sc7ccccc78)nc(-n7c8ccccc8c8cccc(-c9cccc%10c9sc9ccccc9%10)c87)c6)c45)cccc3C2C=C1. The molecule has 2 atom stereocenters. The molecule has 6 aromatic heterocycles. The predicted octanol–water partition coefficient (Wildman–Crippen LogP) is 21.4. The van der Waals surface area contributed by atoms with Gasteiger partial charge in [-0.15, -0.1) is 34.4 Å². The van der Waals surface area contributed by atoms with Crippen molar-refractivity contribution in [2.75, 3.05) is 0 Å². The van der Waals surface area contributed by atoms with Crippen LogP contribution < -0.4 is 0 Å². The summed E-state index contributed by atoms with van der Waals surface area (Å²) >= 11 is 5.80. The summed E-state index contributed by atoms with van der Waals surface area (Å²) in [7, 11) is 0. The summed E-state index contributed by atoms with van der Waals surface area (Å²) in [5, 5.41) is 11.7. The molecule has 0 fully saturated rings. The molecule has 16 aromatic rings. The first kappa shape index (κ1) is 47.0. The summed E-state index contributed by atoms with van der Waals surface area (Å²) in [6.07, 6.45) is 13.6. The van der Waals surface area contributed by atoms with Gasteiger partial charge in [0.15, 0.2) is 0 Å². The fraction of sp³-hybridized carbons (Fsp3) is 0.0519. The van der Waals surface area contributed by atoms with E-state index in [1.54, 1.807) is 0 Å². The van der Waals surface area contributed by atoms with Gasteiger partial charge in [-0.25, -0.2) is 4.98 Å². The zero-order chi connectivity index (χ0) is 54.7. The summed E-state index contributed by atoms with van der Waals surface area (Å²) in [6.45, 7) is 0. The van der Waals surface area contributed by atoms with Crippen molar-refractivity contribution in [3.63, 3.8) is 0 Å². The molecule has 7 heteroatoms. The van der Waals surface area contributed by atoms with E-state index < -0.39 is 0 Å². The van der Waals surface area contributed by atoms with Crippen LogP contribution in [0.15, 0.2) is 260 Å². The maximum Gasteiger partial charge on any atom is 0.142 e. The Kier molecular flexibility index (Phi) is 10.1. The number of hydrogen-bond acceptors (Lipinski definition) is 4. The first-order chi connectivity index (χ1) is 41.7. The molecule has 0 bridgehead atoms. The van der Waals surface area contributed by atoms with E-state index in [9.17, 15) is 0 Å². The van der Waals surface area contributed by atoms with E-state index in [0.29, 0.717) is 11.2 Å². The summed E-state index contributed by atoms with van der Waals surface area (Å²) in [6, 6.07) is 84.2. The Hall–Kier alpha value is -9.50. The van der Waals surface area contributed by atoms with Crippen LogP contribution in [0.4, 0.5) is 0 Å². The van der Waals surface area contributed by atoms with Gasteiger partial charge in [-0.1, -0.05) is 212 Å². The first-order valence-corrected chi connectivity index (χ1v) is 31.6. The van der Waals surface area contributed by atoms with E-state index in [1.165, 1.54) is 128 Å². The molecule has 2 aliphatic carbocycles. The van der Waals surface area contributed by atoms with E-state index in [-0.39, 0.29) is 0 Å². The fourth-order valence-electron chi connectivity index (χ4n) is 14.8. The van der Waals surface area contributed by atoms with Gasteiger partial charge in [-0.3, -0.25) is 9.13 Å². The molecule has 7 heterocycles. The number of aromatic nitrogens is 4. The van der Waals surface area contributed by atoms with Crippen molar-refractivity contribution in [1.82, 2.24) is 18.7 Å². The number of allylic oxidation sites excluding steroid dienone is 4. The van der Waals surface area contributed by atoms with Crippen molar-refractivity contribution in [3.05, 3.63) is 277 Å². The topological polar surface area (TPSA) is 27.7 Å². The van der Waals surface area contributed by atoms with E-state index in [1.807, 2.05) is 34.4 Å². The number of fused-ring (bicyclic) bond motifs is 18. The van der Waals surface area contributed by atoms with Crippen LogP contribution in [0.2, 0.25) is 0 Å². The van der Waals surface area contributed by atoms with Crippen LogP contribution in [0.25, 0.3) is 140 Å². The summed E-state index contributed by atoms with van der Waals surface area (Å²) in [5.41, 5.74) is 18.2. The van der Waals surface area contributed by atoms with Crippen molar-refractivity contribution in [2.24, 2.45) is 0 Å². The van der Waals surface area contributed by atoms with Crippen LogP contribution in [0.3, 0.4) is 0 Å². The first-order valence-electron chi connectivity index (χ1n) is 29.1. The molecule has 10 aromatic carbocycles. The van der Waals surface area contributed by atoms with Gasteiger partial charge in [0.25, 0.3) is 0 Å². The highest BCUT2D eigenvalue weighted by molar-refractivity contribution is 8.00. The fourth-order valence-corrected chi connectivity index (χ4v) is 18.7. The molecule has 4 nitrogen and oxygen atoms in total. The highest BCUT2D eigenvalue weighted by atomic mass is 32.2. The maximum atomic E-state index is 6.15. The lowest BCUT2D eigenvalue weighted by Gasteiger charge is -2.21. The molecule has 0 saturated heterocycles. The molecule has 394 valence electrons. The lowest BCUT2D eigenvalue weighted by atomic mass is 9.90. The van der Waals surface area contributed by atoms with Crippen LogP contribution >= 0.6 is 34.4 Å². The maximum absolute atomic E-state index is 6.15. The Morgan fingerprint density at radius 3 is 1.61 bits per heavy atom. The largest absolute Gasteiger partial charge is 0.308 e. The number of para-hydroxylation sites is 5. The average Bonchev–Trinajstić information content (AvgIpc) is 2.03. The molecule has 84 heavy (non-hydrogen) atoms. The monoisotopic (exact) mass is 1120 g/mol. The van der Waals surface area contributed by atoms with Crippen molar-refractivity contribution in [2.45, 2.75) is 28.9 Å².